The van der Waals surface area contributed by atoms with E-state index < -0.39 is 0 Å². The highest BCUT2D eigenvalue weighted by Crippen LogP contribution is 2.15. The number of hydrogen-bond donors (Lipinski definition) is 1. The summed E-state index contributed by atoms with van der Waals surface area (Å²) >= 11 is 1.48. The third-order valence-corrected chi connectivity index (χ3v) is 3.48. The first-order valence-corrected chi connectivity index (χ1v) is 6.13. The van der Waals surface area contributed by atoms with Crippen LogP contribution in [0, 0.1) is 5.92 Å². The first-order valence-electron chi connectivity index (χ1n) is 5.25. The van der Waals surface area contributed by atoms with Crippen LogP contribution in [0.4, 0.5) is 0 Å². The molecule has 1 amide bonds. The van der Waals surface area contributed by atoms with Crippen molar-refractivity contribution in [1.82, 2.24) is 5.32 Å². The van der Waals surface area contributed by atoms with E-state index in [4.69, 9.17) is 4.74 Å². The van der Waals surface area contributed by atoms with Crippen LogP contribution in [-0.2, 0) is 4.74 Å². The van der Waals surface area contributed by atoms with E-state index >= 15 is 0 Å². The topological polar surface area (TPSA) is 38.3 Å². The van der Waals surface area contributed by atoms with Crippen LogP contribution in [0.2, 0.25) is 0 Å². The molecule has 1 fully saturated rings. The fourth-order valence-corrected chi connectivity index (χ4v) is 2.34. The molecule has 2 rings (SSSR count). The van der Waals surface area contributed by atoms with Gasteiger partial charge in [0, 0.05) is 19.8 Å². The molecule has 1 aliphatic heterocycles. The minimum atomic E-state index is 0.0453. The fraction of sp³-hybridized carbons (Fsp3) is 0.545. The summed E-state index contributed by atoms with van der Waals surface area (Å²) in [4.78, 5) is 12.3. The highest BCUT2D eigenvalue weighted by molar-refractivity contribution is 7.12. The average Bonchev–Trinajstić information content (AvgIpc) is 2.90. The van der Waals surface area contributed by atoms with Gasteiger partial charge in [-0.15, -0.1) is 11.3 Å². The number of thiophene rings is 1. The Labute approximate surface area is 93.4 Å². The van der Waals surface area contributed by atoms with Gasteiger partial charge in [-0.05, 0) is 30.2 Å². The second kappa shape index (κ2) is 5.28. The first kappa shape index (κ1) is 10.6. The maximum absolute atomic E-state index is 11.5. The van der Waals surface area contributed by atoms with E-state index in [-0.39, 0.29) is 5.91 Å². The number of carbonyl (C=O) groups excluding carboxylic acids is 1. The van der Waals surface area contributed by atoms with Crippen LogP contribution < -0.4 is 5.32 Å². The Morgan fingerprint density at radius 1 is 1.67 bits per heavy atom. The first-order chi connectivity index (χ1) is 7.36. The van der Waals surface area contributed by atoms with Crippen LogP contribution in [0.25, 0.3) is 0 Å². The predicted octanol–water partition coefficient (Wildman–Crippen LogP) is 1.90. The Kier molecular flexibility index (Phi) is 3.75. The lowest BCUT2D eigenvalue weighted by Gasteiger charge is -2.07. The van der Waals surface area contributed by atoms with E-state index in [1.165, 1.54) is 11.3 Å². The van der Waals surface area contributed by atoms with Gasteiger partial charge in [0.2, 0.25) is 0 Å². The molecule has 3 nitrogen and oxygen atoms in total. The number of ether oxygens (including phenoxy) is 1. The van der Waals surface area contributed by atoms with Gasteiger partial charge in [0.25, 0.3) is 5.91 Å². The summed E-state index contributed by atoms with van der Waals surface area (Å²) in [6.45, 7) is 2.49. The summed E-state index contributed by atoms with van der Waals surface area (Å²) in [5, 5.41) is 4.84. The van der Waals surface area contributed by atoms with E-state index in [0.717, 1.165) is 37.5 Å². The molecule has 82 valence electrons. The van der Waals surface area contributed by atoms with Gasteiger partial charge in [0.05, 0.1) is 4.88 Å². The lowest BCUT2D eigenvalue weighted by atomic mass is 10.1. The van der Waals surface area contributed by atoms with Gasteiger partial charge in [-0.3, -0.25) is 4.79 Å². The van der Waals surface area contributed by atoms with Crippen molar-refractivity contribution in [2.75, 3.05) is 19.8 Å². The molecule has 1 N–H and O–H groups in total. The lowest BCUT2D eigenvalue weighted by Crippen LogP contribution is -2.25. The van der Waals surface area contributed by atoms with Crippen molar-refractivity contribution in [2.24, 2.45) is 5.92 Å². The predicted molar refractivity (Wildman–Crippen MR) is 60.2 cm³/mol. The molecule has 15 heavy (non-hydrogen) atoms. The highest BCUT2D eigenvalue weighted by Gasteiger charge is 2.15. The van der Waals surface area contributed by atoms with E-state index in [9.17, 15) is 4.79 Å². The standard InChI is InChI=1S/C11H15NO2S/c13-11(10-2-1-7-15-10)12-5-3-9-4-6-14-8-9/h1-2,7,9H,3-6,8H2,(H,12,13). The van der Waals surface area contributed by atoms with Crippen LogP contribution >= 0.6 is 11.3 Å². The van der Waals surface area contributed by atoms with Gasteiger partial charge in [0.15, 0.2) is 0 Å². The summed E-state index contributed by atoms with van der Waals surface area (Å²) in [5.41, 5.74) is 0. The Morgan fingerprint density at radius 2 is 2.60 bits per heavy atom. The minimum absolute atomic E-state index is 0.0453. The van der Waals surface area contributed by atoms with Crippen LogP contribution in [0.3, 0.4) is 0 Å². The van der Waals surface area contributed by atoms with Crippen LogP contribution in [0.5, 0.6) is 0 Å². The van der Waals surface area contributed by atoms with E-state index in [2.05, 4.69) is 5.32 Å². The van der Waals surface area contributed by atoms with E-state index in [1.807, 2.05) is 17.5 Å². The van der Waals surface area contributed by atoms with Crippen molar-refractivity contribution in [3.8, 4) is 0 Å². The molecule has 1 aliphatic rings. The zero-order valence-electron chi connectivity index (χ0n) is 8.57. The molecular weight excluding hydrogens is 210 g/mol. The van der Waals surface area contributed by atoms with Gasteiger partial charge >= 0.3 is 0 Å². The van der Waals surface area contributed by atoms with Crippen molar-refractivity contribution in [1.29, 1.82) is 0 Å². The molecule has 1 saturated heterocycles. The minimum Gasteiger partial charge on any atom is -0.381 e. The summed E-state index contributed by atoms with van der Waals surface area (Å²) in [7, 11) is 0. The van der Waals surface area contributed by atoms with Gasteiger partial charge in [0.1, 0.15) is 0 Å². The van der Waals surface area contributed by atoms with Gasteiger partial charge < -0.3 is 10.1 Å². The van der Waals surface area contributed by atoms with Crippen molar-refractivity contribution in [3.63, 3.8) is 0 Å². The maximum atomic E-state index is 11.5. The Morgan fingerprint density at radius 3 is 3.27 bits per heavy atom. The quantitative estimate of drug-likeness (QED) is 0.850. The number of rotatable bonds is 4. The molecule has 0 bridgehead atoms. The molecule has 0 saturated carbocycles. The molecule has 1 aromatic heterocycles. The molecule has 0 spiro atoms. The largest absolute Gasteiger partial charge is 0.381 e. The molecule has 0 aromatic carbocycles. The van der Waals surface area contributed by atoms with Crippen molar-refractivity contribution in [2.45, 2.75) is 12.8 Å². The van der Waals surface area contributed by atoms with Crippen LogP contribution in [0.1, 0.15) is 22.5 Å². The molecule has 0 aliphatic carbocycles. The third-order valence-electron chi connectivity index (χ3n) is 2.61. The molecule has 0 radical (unpaired) electrons. The zero-order chi connectivity index (χ0) is 10.5. The molecule has 1 unspecified atom stereocenters. The molecular formula is C11H15NO2S. The third kappa shape index (κ3) is 3.04. The van der Waals surface area contributed by atoms with Crippen molar-refractivity contribution in [3.05, 3.63) is 22.4 Å². The smallest absolute Gasteiger partial charge is 0.261 e. The van der Waals surface area contributed by atoms with Gasteiger partial charge in [-0.2, -0.15) is 0 Å². The van der Waals surface area contributed by atoms with Crippen molar-refractivity contribution < 1.29 is 9.53 Å². The van der Waals surface area contributed by atoms with E-state index in [0.29, 0.717) is 5.92 Å². The van der Waals surface area contributed by atoms with E-state index in [1.54, 1.807) is 0 Å². The lowest BCUT2D eigenvalue weighted by molar-refractivity contribution is 0.0954. The zero-order valence-corrected chi connectivity index (χ0v) is 9.39. The van der Waals surface area contributed by atoms with Gasteiger partial charge in [-0.25, -0.2) is 0 Å². The number of carbonyl (C=O) groups is 1. The molecule has 2 heterocycles. The summed E-state index contributed by atoms with van der Waals surface area (Å²) in [6, 6.07) is 3.74. The number of amides is 1. The number of hydrogen-bond acceptors (Lipinski definition) is 3. The normalized spacial score (nSPS) is 20.4. The fourth-order valence-electron chi connectivity index (χ4n) is 1.70. The Hall–Kier alpha value is -0.870. The maximum Gasteiger partial charge on any atom is 0.261 e. The summed E-state index contributed by atoms with van der Waals surface area (Å²) < 4.78 is 5.28. The number of nitrogens with one attached hydrogen (secondary N) is 1. The van der Waals surface area contributed by atoms with Crippen molar-refractivity contribution >= 4 is 17.2 Å². The van der Waals surface area contributed by atoms with Gasteiger partial charge in [-0.1, -0.05) is 6.07 Å². The van der Waals surface area contributed by atoms with Crippen LogP contribution in [0.15, 0.2) is 17.5 Å². The molecule has 1 aromatic rings. The monoisotopic (exact) mass is 225 g/mol. The Balaban J connectivity index is 1.67. The SMILES string of the molecule is O=C(NCCC1CCOC1)c1cccs1. The second-order valence-corrected chi connectivity index (χ2v) is 4.70. The average molecular weight is 225 g/mol. The highest BCUT2D eigenvalue weighted by atomic mass is 32.1. The Bertz CT molecular complexity index is 304. The summed E-state index contributed by atoms with van der Waals surface area (Å²) in [6.07, 6.45) is 2.16. The van der Waals surface area contributed by atoms with Crippen LogP contribution in [-0.4, -0.2) is 25.7 Å². The second-order valence-electron chi connectivity index (χ2n) is 3.75. The summed E-state index contributed by atoms with van der Waals surface area (Å²) in [5.74, 6) is 0.678. The molecule has 1 atom stereocenters. The molecule has 4 heteroatoms.